The van der Waals surface area contributed by atoms with E-state index in [0.29, 0.717) is 44.8 Å². The maximum atomic E-state index is 12.7. The molecule has 1 aromatic carbocycles. The summed E-state index contributed by atoms with van der Waals surface area (Å²) in [4.78, 5) is 45.0. The van der Waals surface area contributed by atoms with E-state index in [9.17, 15) is 14.4 Å². The van der Waals surface area contributed by atoms with Gasteiger partial charge in [0, 0.05) is 25.5 Å². The van der Waals surface area contributed by atoms with E-state index in [4.69, 9.17) is 9.47 Å². The van der Waals surface area contributed by atoms with Crippen molar-refractivity contribution in [3.63, 3.8) is 0 Å². The number of benzene rings is 1. The van der Waals surface area contributed by atoms with Gasteiger partial charge in [-0.15, -0.1) is 11.3 Å². The van der Waals surface area contributed by atoms with Crippen LogP contribution in [0.2, 0.25) is 0 Å². The quantitative estimate of drug-likeness (QED) is 0.520. The molecule has 0 unspecified atom stereocenters. The molecule has 0 radical (unpaired) electrons. The van der Waals surface area contributed by atoms with Crippen molar-refractivity contribution in [2.45, 2.75) is 33.1 Å². The van der Waals surface area contributed by atoms with Crippen LogP contribution in [0.5, 0.6) is 5.75 Å². The van der Waals surface area contributed by atoms with Crippen LogP contribution >= 0.6 is 11.3 Å². The summed E-state index contributed by atoms with van der Waals surface area (Å²) in [7, 11) is 1.63. The molecule has 0 aliphatic carbocycles. The summed E-state index contributed by atoms with van der Waals surface area (Å²) in [5, 5.41) is 2.66. The van der Waals surface area contributed by atoms with Gasteiger partial charge in [-0.3, -0.25) is 14.4 Å². The van der Waals surface area contributed by atoms with Gasteiger partial charge in [-0.2, -0.15) is 0 Å². The van der Waals surface area contributed by atoms with Crippen molar-refractivity contribution in [1.29, 1.82) is 0 Å². The van der Waals surface area contributed by atoms with Crippen molar-refractivity contribution in [1.82, 2.24) is 14.8 Å². The summed E-state index contributed by atoms with van der Waals surface area (Å²) in [6.45, 7) is 5.65. The van der Waals surface area contributed by atoms with Gasteiger partial charge in [-0.05, 0) is 38.8 Å². The molecule has 1 aliphatic rings. The van der Waals surface area contributed by atoms with Gasteiger partial charge in [-0.25, -0.2) is 4.98 Å². The highest BCUT2D eigenvalue weighted by atomic mass is 32.1. The van der Waals surface area contributed by atoms with Crippen LogP contribution in [0.3, 0.4) is 0 Å². The molecule has 8 nitrogen and oxygen atoms in total. The Morgan fingerprint density at radius 3 is 2.58 bits per heavy atom. The van der Waals surface area contributed by atoms with Gasteiger partial charge < -0.3 is 19.3 Å². The Morgan fingerprint density at radius 2 is 1.88 bits per heavy atom. The van der Waals surface area contributed by atoms with Gasteiger partial charge in [0.2, 0.25) is 11.8 Å². The molecule has 9 heteroatoms. The van der Waals surface area contributed by atoms with Crippen LogP contribution in [0.4, 0.5) is 0 Å². The van der Waals surface area contributed by atoms with Crippen molar-refractivity contribution in [3.05, 3.63) is 35.3 Å². The number of piperidine rings is 1. The number of para-hydroxylation sites is 1. The van der Waals surface area contributed by atoms with Gasteiger partial charge in [-0.1, -0.05) is 12.1 Å². The van der Waals surface area contributed by atoms with Gasteiger partial charge >= 0.3 is 5.97 Å². The second-order valence-electron chi connectivity index (χ2n) is 7.91. The van der Waals surface area contributed by atoms with Crippen LogP contribution < -0.4 is 4.74 Å². The number of amides is 2. The summed E-state index contributed by atoms with van der Waals surface area (Å²) in [6.07, 6.45) is 1.31. The molecule has 0 spiro atoms. The zero-order chi connectivity index (χ0) is 23.8. The molecular weight excluding hydrogens is 442 g/mol. The van der Waals surface area contributed by atoms with E-state index in [1.165, 1.54) is 16.2 Å². The predicted molar refractivity (Wildman–Crippen MR) is 126 cm³/mol. The summed E-state index contributed by atoms with van der Waals surface area (Å²) >= 11 is 1.46. The maximum Gasteiger partial charge on any atom is 0.309 e. The molecule has 0 saturated carbocycles. The second-order valence-corrected chi connectivity index (χ2v) is 8.76. The molecule has 3 rings (SSSR count). The molecule has 0 atom stereocenters. The van der Waals surface area contributed by atoms with Crippen LogP contribution in [0.1, 0.15) is 32.4 Å². The summed E-state index contributed by atoms with van der Waals surface area (Å²) in [5.74, 6) is 0.141. The first-order valence-corrected chi connectivity index (χ1v) is 12.2. The fourth-order valence-electron chi connectivity index (χ4n) is 3.74. The Balaban J connectivity index is 1.51. The number of aromatic nitrogens is 1. The Bertz CT molecular complexity index is 969. The number of carbonyl (C=O) groups is 3. The first-order chi connectivity index (χ1) is 15.9. The SMILES string of the molecule is CCOC(=O)C1CCN(C(=O)CN(C)C(=O)Cc2csc(-c3ccccc3OCC)n2)CC1. The standard InChI is InChI=1S/C24H31N3O5S/c1-4-31-20-9-7-6-8-19(20)23-25-18(16-33-23)14-21(28)26(3)15-22(29)27-12-10-17(11-13-27)24(30)32-5-2/h6-9,16-17H,4-5,10-15H2,1-3H3. The number of carbonyl (C=O) groups excluding carboxylic acids is 3. The normalized spacial score (nSPS) is 14.1. The van der Waals surface area contributed by atoms with Crippen LogP contribution in [-0.4, -0.2) is 72.5 Å². The smallest absolute Gasteiger partial charge is 0.309 e. The third-order valence-corrected chi connectivity index (χ3v) is 6.49. The van der Waals surface area contributed by atoms with E-state index >= 15 is 0 Å². The number of thiazole rings is 1. The number of likely N-dealkylation sites (N-methyl/N-ethyl adjacent to an activating group) is 1. The van der Waals surface area contributed by atoms with Crippen molar-refractivity contribution >= 4 is 29.1 Å². The Hall–Kier alpha value is -2.94. The largest absolute Gasteiger partial charge is 0.493 e. The van der Waals surface area contributed by atoms with Gasteiger partial charge in [0.15, 0.2) is 0 Å². The van der Waals surface area contributed by atoms with Crippen LogP contribution in [-0.2, 0) is 25.5 Å². The third kappa shape index (κ3) is 6.54. The van der Waals surface area contributed by atoms with Gasteiger partial charge in [0.25, 0.3) is 0 Å². The highest BCUT2D eigenvalue weighted by molar-refractivity contribution is 7.13. The van der Waals surface area contributed by atoms with Crippen LogP contribution in [0, 0.1) is 5.92 Å². The molecule has 1 aliphatic heterocycles. The van der Waals surface area contributed by atoms with Crippen molar-refractivity contribution in [2.24, 2.45) is 5.92 Å². The lowest BCUT2D eigenvalue weighted by atomic mass is 9.97. The molecule has 1 fully saturated rings. The lowest BCUT2D eigenvalue weighted by Gasteiger charge is -2.32. The van der Waals surface area contributed by atoms with E-state index in [0.717, 1.165) is 16.3 Å². The molecule has 2 heterocycles. The molecule has 2 amide bonds. The fourth-order valence-corrected chi connectivity index (χ4v) is 4.59. The van der Waals surface area contributed by atoms with Crippen molar-refractivity contribution < 1.29 is 23.9 Å². The first kappa shape index (κ1) is 24.7. The number of rotatable bonds is 9. The monoisotopic (exact) mass is 473 g/mol. The number of likely N-dealkylation sites (tertiary alicyclic amines) is 1. The molecule has 0 bridgehead atoms. The average Bonchev–Trinajstić information content (AvgIpc) is 3.28. The second kappa shape index (κ2) is 11.8. The van der Waals surface area contributed by atoms with E-state index in [-0.39, 0.29) is 36.7 Å². The maximum absolute atomic E-state index is 12.7. The molecule has 0 N–H and O–H groups in total. The molecular formula is C24H31N3O5S. The fraction of sp³-hybridized carbons (Fsp3) is 0.500. The lowest BCUT2D eigenvalue weighted by molar-refractivity contribution is -0.151. The van der Waals surface area contributed by atoms with Crippen LogP contribution in [0.25, 0.3) is 10.6 Å². The Kier molecular flexibility index (Phi) is 8.82. The average molecular weight is 474 g/mol. The van der Waals surface area contributed by atoms with Crippen LogP contribution in [0.15, 0.2) is 29.6 Å². The van der Waals surface area contributed by atoms with Crippen molar-refractivity contribution in [2.75, 3.05) is 39.9 Å². The van der Waals surface area contributed by atoms with E-state index in [1.807, 2.05) is 36.6 Å². The number of hydrogen-bond acceptors (Lipinski definition) is 7. The number of hydrogen-bond donors (Lipinski definition) is 0. The van der Waals surface area contributed by atoms with E-state index in [2.05, 4.69) is 4.98 Å². The number of ether oxygens (including phenoxy) is 2. The minimum Gasteiger partial charge on any atom is -0.493 e. The van der Waals surface area contributed by atoms with E-state index in [1.54, 1.807) is 18.9 Å². The molecule has 1 aromatic heterocycles. The van der Waals surface area contributed by atoms with Gasteiger partial charge in [0.1, 0.15) is 10.8 Å². The number of esters is 1. The lowest BCUT2D eigenvalue weighted by Crippen LogP contribution is -2.46. The topological polar surface area (TPSA) is 89.0 Å². The predicted octanol–water partition coefficient (Wildman–Crippen LogP) is 3.01. The minimum absolute atomic E-state index is 0.00702. The third-order valence-electron chi connectivity index (χ3n) is 5.57. The summed E-state index contributed by atoms with van der Waals surface area (Å²) in [6, 6.07) is 7.70. The van der Waals surface area contributed by atoms with Gasteiger partial charge in [0.05, 0.1) is 43.4 Å². The Labute approximate surface area is 198 Å². The Morgan fingerprint density at radius 1 is 1.15 bits per heavy atom. The first-order valence-electron chi connectivity index (χ1n) is 11.3. The highest BCUT2D eigenvalue weighted by Crippen LogP contribution is 2.32. The number of nitrogens with zero attached hydrogens (tertiary/aromatic N) is 3. The molecule has 2 aromatic rings. The van der Waals surface area contributed by atoms with E-state index < -0.39 is 0 Å². The summed E-state index contributed by atoms with van der Waals surface area (Å²) < 4.78 is 10.7. The zero-order valence-electron chi connectivity index (χ0n) is 19.4. The zero-order valence-corrected chi connectivity index (χ0v) is 20.2. The van der Waals surface area contributed by atoms with Crippen molar-refractivity contribution in [3.8, 4) is 16.3 Å². The summed E-state index contributed by atoms with van der Waals surface area (Å²) in [5.41, 5.74) is 1.57. The molecule has 178 valence electrons. The highest BCUT2D eigenvalue weighted by Gasteiger charge is 2.29. The molecule has 1 saturated heterocycles. The minimum atomic E-state index is -0.191. The molecule has 33 heavy (non-hydrogen) atoms.